The number of benzene rings is 1. The number of hydrogen-bond donors (Lipinski definition) is 2. The lowest BCUT2D eigenvalue weighted by Crippen LogP contribution is -2.38. The van der Waals surface area contributed by atoms with E-state index in [1.807, 2.05) is 6.07 Å². The summed E-state index contributed by atoms with van der Waals surface area (Å²) in [4.78, 5) is 12.9. The van der Waals surface area contributed by atoms with Gasteiger partial charge < -0.3 is 24.6 Å². The molecule has 0 saturated heterocycles. The van der Waals surface area contributed by atoms with E-state index in [1.165, 1.54) is 31.2 Å². The molecule has 1 aromatic rings. The molecule has 1 fully saturated rings. The lowest BCUT2D eigenvalue weighted by molar-refractivity contribution is -0.127. The number of methoxy groups -OCH3 is 2. The first-order valence-electron chi connectivity index (χ1n) is 14.5. The first kappa shape index (κ1) is 31.4. The van der Waals surface area contributed by atoms with E-state index in [0.717, 1.165) is 37.3 Å². The Labute approximate surface area is 225 Å². The van der Waals surface area contributed by atoms with Crippen molar-refractivity contribution in [3.63, 3.8) is 0 Å². The molecule has 1 aromatic carbocycles. The van der Waals surface area contributed by atoms with Gasteiger partial charge in [0.1, 0.15) is 0 Å². The van der Waals surface area contributed by atoms with Crippen LogP contribution in [0.15, 0.2) is 18.2 Å². The molecule has 3 atom stereocenters. The van der Waals surface area contributed by atoms with Gasteiger partial charge in [0.15, 0.2) is 11.5 Å². The van der Waals surface area contributed by atoms with Crippen molar-refractivity contribution in [2.75, 3.05) is 34.0 Å². The lowest BCUT2D eigenvalue weighted by Gasteiger charge is -2.26. The Bertz CT molecular complexity index is 775. The number of hydrogen-bond acceptors (Lipinski definition) is 5. The van der Waals surface area contributed by atoms with Gasteiger partial charge in [-0.05, 0) is 79.9 Å². The fourth-order valence-corrected chi connectivity index (χ4v) is 5.41. The Morgan fingerprint density at radius 3 is 2.38 bits per heavy atom. The van der Waals surface area contributed by atoms with Crippen molar-refractivity contribution in [3.8, 4) is 11.5 Å². The number of carbonyl (C=O) groups is 1. The topological polar surface area (TPSA) is 77.0 Å². The van der Waals surface area contributed by atoms with E-state index in [4.69, 9.17) is 14.2 Å². The minimum absolute atomic E-state index is 0.109. The highest BCUT2D eigenvalue weighted by molar-refractivity contribution is 5.78. The SMILES string of the molecule is COCCCOc1cc(C[C@@H](CC[C@@H](O)C[C@H](C(=O)NCC2CCCC2)C(C)C)C(C)C)ccc1OC. The van der Waals surface area contributed by atoms with Gasteiger partial charge in [-0.3, -0.25) is 4.79 Å². The summed E-state index contributed by atoms with van der Waals surface area (Å²) < 4.78 is 16.6. The van der Waals surface area contributed by atoms with Crippen LogP contribution in [-0.4, -0.2) is 51.1 Å². The van der Waals surface area contributed by atoms with Crippen LogP contribution in [0.2, 0.25) is 0 Å². The maximum Gasteiger partial charge on any atom is 0.223 e. The van der Waals surface area contributed by atoms with Crippen LogP contribution < -0.4 is 14.8 Å². The van der Waals surface area contributed by atoms with Crippen LogP contribution in [0.25, 0.3) is 0 Å². The van der Waals surface area contributed by atoms with Gasteiger partial charge in [-0.2, -0.15) is 0 Å². The zero-order chi connectivity index (χ0) is 27.2. The first-order valence-corrected chi connectivity index (χ1v) is 14.5. The summed E-state index contributed by atoms with van der Waals surface area (Å²) in [7, 11) is 3.36. The monoisotopic (exact) mass is 519 g/mol. The minimum atomic E-state index is -0.471. The van der Waals surface area contributed by atoms with Crippen molar-refractivity contribution >= 4 is 5.91 Å². The van der Waals surface area contributed by atoms with Gasteiger partial charge in [-0.25, -0.2) is 0 Å². The van der Waals surface area contributed by atoms with Gasteiger partial charge in [0, 0.05) is 32.6 Å². The number of rotatable bonds is 18. The van der Waals surface area contributed by atoms with Crippen molar-refractivity contribution in [2.45, 2.75) is 91.6 Å². The molecule has 0 radical (unpaired) electrons. The lowest BCUT2D eigenvalue weighted by atomic mass is 9.82. The largest absolute Gasteiger partial charge is 0.493 e. The Balaban J connectivity index is 1.90. The van der Waals surface area contributed by atoms with E-state index in [0.29, 0.717) is 43.8 Å². The summed E-state index contributed by atoms with van der Waals surface area (Å²) in [5.74, 6) is 3.22. The highest BCUT2D eigenvalue weighted by atomic mass is 16.5. The summed E-state index contributed by atoms with van der Waals surface area (Å²) >= 11 is 0. The molecule has 6 nitrogen and oxygen atoms in total. The molecule has 0 bridgehead atoms. The predicted molar refractivity (Wildman–Crippen MR) is 150 cm³/mol. The van der Waals surface area contributed by atoms with Gasteiger partial charge in [0.25, 0.3) is 0 Å². The van der Waals surface area contributed by atoms with Crippen molar-refractivity contribution < 1.29 is 24.1 Å². The average molecular weight is 520 g/mol. The molecule has 0 heterocycles. The third-order valence-corrected chi connectivity index (χ3v) is 8.00. The Hall–Kier alpha value is -1.79. The van der Waals surface area contributed by atoms with E-state index in [1.54, 1.807) is 14.2 Å². The predicted octanol–water partition coefficient (Wildman–Crippen LogP) is 6.04. The summed E-state index contributed by atoms with van der Waals surface area (Å²) in [6.07, 6.45) is 8.43. The van der Waals surface area contributed by atoms with Crippen LogP contribution >= 0.6 is 0 Å². The normalized spacial score (nSPS) is 16.7. The quantitative estimate of drug-likeness (QED) is 0.231. The second kappa shape index (κ2) is 16.9. The smallest absolute Gasteiger partial charge is 0.223 e. The van der Waals surface area contributed by atoms with Crippen molar-refractivity contribution in [1.29, 1.82) is 0 Å². The molecule has 1 amide bonds. The van der Waals surface area contributed by atoms with Crippen LogP contribution in [0, 0.1) is 29.6 Å². The van der Waals surface area contributed by atoms with E-state index in [2.05, 4.69) is 45.1 Å². The molecule has 6 heteroatoms. The van der Waals surface area contributed by atoms with Gasteiger partial charge >= 0.3 is 0 Å². The van der Waals surface area contributed by atoms with Crippen LogP contribution in [0.4, 0.5) is 0 Å². The van der Waals surface area contributed by atoms with Crippen LogP contribution in [0.1, 0.15) is 84.6 Å². The molecule has 212 valence electrons. The fraction of sp³-hybridized carbons (Fsp3) is 0.774. The summed E-state index contributed by atoms with van der Waals surface area (Å²) in [5.41, 5.74) is 1.21. The molecule has 2 N–H and O–H groups in total. The number of nitrogens with one attached hydrogen (secondary N) is 1. The molecule has 1 aliphatic rings. The van der Waals surface area contributed by atoms with E-state index >= 15 is 0 Å². The molecular formula is C31H53NO5. The number of amides is 1. The van der Waals surface area contributed by atoms with E-state index < -0.39 is 6.10 Å². The second-order valence-corrected chi connectivity index (χ2v) is 11.6. The van der Waals surface area contributed by atoms with Crippen molar-refractivity contribution in [1.82, 2.24) is 5.32 Å². The Kier molecular flexibility index (Phi) is 14.4. The number of aliphatic hydroxyl groups excluding tert-OH is 1. The molecule has 0 aliphatic heterocycles. The third kappa shape index (κ3) is 11.2. The molecule has 0 spiro atoms. The molecule has 1 saturated carbocycles. The molecule has 2 rings (SSSR count). The zero-order valence-electron chi connectivity index (χ0n) is 24.3. The summed E-state index contributed by atoms with van der Waals surface area (Å²) in [6, 6.07) is 6.17. The van der Waals surface area contributed by atoms with Gasteiger partial charge in [0.2, 0.25) is 5.91 Å². The summed E-state index contributed by atoms with van der Waals surface area (Å²) in [6.45, 7) is 10.7. The summed E-state index contributed by atoms with van der Waals surface area (Å²) in [5, 5.41) is 14.1. The molecular weight excluding hydrogens is 466 g/mol. The Morgan fingerprint density at radius 1 is 1.03 bits per heavy atom. The number of ether oxygens (including phenoxy) is 3. The minimum Gasteiger partial charge on any atom is -0.493 e. The highest BCUT2D eigenvalue weighted by Crippen LogP contribution is 2.32. The maximum atomic E-state index is 12.9. The maximum absolute atomic E-state index is 12.9. The van der Waals surface area contributed by atoms with Gasteiger partial charge in [-0.1, -0.05) is 46.6 Å². The zero-order valence-corrected chi connectivity index (χ0v) is 24.3. The highest BCUT2D eigenvalue weighted by Gasteiger charge is 2.27. The van der Waals surface area contributed by atoms with Gasteiger partial charge in [0.05, 0.1) is 19.8 Å². The third-order valence-electron chi connectivity index (χ3n) is 8.00. The second-order valence-electron chi connectivity index (χ2n) is 11.6. The van der Waals surface area contributed by atoms with Crippen LogP contribution in [0.5, 0.6) is 11.5 Å². The molecule has 0 aromatic heterocycles. The van der Waals surface area contributed by atoms with E-state index in [9.17, 15) is 9.90 Å². The van der Waals surface area contributed by atoms with Crippen LogP contribution in [-0.2, 0) is 16.0 Å². The molecule has 1 aliphatic carbocycles. The molecule has 37 heavy (non-hydrogen) atoms. The number of aliphatic hydroxyl groups is 1. The fourth-order valence-electron chi connectivity index (χ4n) is 5.41. The van der Waals surface area contributed by atoms with E-state index in [-0.39, 0.29) is 17.7 Å². The van der Waals surface area contributed by atoms with Crippen molar-refractivity contribution in [3.05, 3.63) is 23.8 Å². The standard InChI is InChI=1S/C31H53NO5/c1-22(2)26(18-25-12-15-29(36-6)30(19-25)37-17-9-16-35-5)13-14-27(33)20-28(23(3)4)31(34)32-21-24-10-7-8-11-24/h12,15,19,22-24,26-28,33H,7-11,13-14,16-18,20-21H2,1-6H3,(H,32,34)/t26-,27-,28+/m1/s1. The molecule has 0 unspecified atom stereocenters. The van der Waals surface area contributed by atoms with Crippen LogP contribution in [0.3, 0.4) is 0 Å². The average Bonchev–Trinajstić information content (AvgIpc) is 3.39. The Morgan fingerprint density at radius 2 is 1.76 bits per heavy atom. The number of carbonyl (C=O) groups excluding carboxylic acids is 1. The van der Waals surface area contributed by atoms with Crippen molar-refractivity contribution in [2.24, 2.45) is 29.6 Å². The van der Waals surface area contributed by atoms with Gasteiger partial charge in [-0.15, -0.1) is 0 Å². The first-order chi connectivity index (χ1) is 17.7.